The van der Waals surface area contributed by atoms with Gasteiger partial charge in [0.25, 0.3) is 0 Å². The van der Waals surface area contributed by atoms with E-state index in [9.17, 15) is 4.79 Å². The van der Waals surface area contributed by atoms with Gasteiger partial charge in [0.2, 0.25) is 5.91 Å². The van der Waals surface area contributed by atoms with Crippen molar-refractivity contribution in [3.05, 3.63) is 35.4 Å². The van der Waals surface area contributed by atoms with Crippen LogP contribution in [0.3, 0.4) is 0 Å². The third-order valence-electron chi connectivity index (χ3n) is 5.43. The van der Waals surface area contributed by atoms with E-state index >= 15 is 0 Å². The first-order valence-electron chi connectivity index (χ1n) is 8.82. The molecule has 2 N–H and O–H groups in total. The second-order valence-electron chi connectivity index (χ2n) is 7.47. The van der Waals surface area contributed by atoms with E-state index in [-0.39, 0.29) is 11.3 Å². The van der Waals surface area contributed by atoms with Gasteiger partial charge in [-0.3, -0.25) is 4.79 Å². The molecule has 0 bridgehead atoms. The van der Waals surface area contributed by atoms with Gasteiger partial charge in [-0.2, -0.15) is 0 Å². The maximum Gasteiger partial charge on any atom is 0.228 e. The topological polar surface area (TPSA) is 44.4 Å². The minimum absolute atomic E-state index is 0.153. The average Bonchev–Trinajstić information content (AvgIpc) is 2.97. The van der Waals surface area contributed by atoms with Crippen molar-refractivity contribution in [3.8, 4) is 0 Å². The van der Waals surface area contributed by atoms with Gasteiger partial charge in [0.15, 0.2) is 0 Å². The quantitative estimate of drug-likeness (QED) is 0.875. The summed E-state index contributed by atoms with van der Waals surface area (Å²) in [5, 5.41) is 6.67. The van der Waals surface area contributed by atoms with E-state index in [4.69, 9.17) is 0 Å². The molecule has 4 nitrogen and oxygen atoms in total. The Hall–Kier alpha value is -1.39. The molecule has 2 atom stereocenters. The number of nitrogens with zero attached hydrogens (tertiary/aromatic N) is 1. The zero-order valence-electron chi connectivity index (χ0n) is 14.4. The molecule has 1 saturated heterocycles. The Morgan fingerprint density at radius 2 is 2.17 bits per heavy atom. The van der Waals surface area contributed by atoms with Crippen LogP contribution in [0.5, 0.6) is 0 Å². The number of nitrogens with one attached hydrogen (secondary N) is 2. The number of amides is 1. The molecule has 0 spiro atoms. The van der Waals surface area contributed by atoms with Crippen molar-refractivity contribution < 1.29 is 4.79 Å². The molecule has 2 fully saturated rings. The zero-order valence-corrected chi connectivity index (χ0v) is 14.4. The molecule has 1 aliphatic heterocycles. The summed E-state index contributed by atoms with van der Waals surface area (Å²) in [6.45, 7) is 3.42. The predicted molar refractivity (Wildman–Crippen MR) is 92.9 cm³/mol. The second-order valence-corrected chi connectivity index (χ2v) is 7.47. The van der Waals surface area contributed by atoms with Crippen LogP contribution in [0.25, 0.3) is 0 Å². The summed E-state index contributed by atoms with van der Waals surface area (Å²) in [4.78, 5) is 15.0. The lowest BCUT2D eigenvalue weighted by atomic mass is 9.67. The Bertz CT molecular complexity index is 557. The highest BCUT2D eigenvalue weighted by Gasteiger charge is 2.49. The molecule has 1 saturated carbocycles. The average molecular weight is 315 g/mol. The van der Waals surface area contributed by atoms with Gasteiger partial charge in [0.05, 0.1) is 5.41 Å². The summed E-state index contributed by atoms with van der Waals surface area (Å²) < 4.78 is 0. The standard InChI is InChI=1S/C19H29N3O/c1-22(2)13-16-7-5-6-15(10-16)11-21-18(23)19-9-4-3-8-17(19)12-20-14-19/h5-7,10,17,20H,3-4,8-9,11-14H2,1-2H3,(H,21,23)/t17-,19+/m0/s1. The predicted octanol–water partition coefficient (Wildman–Crippen LogP) is 2.14. The Morgan fingerprint density at radius 1 is 1.35 bits per heavy atom. The fourth-order valence-corrected chi connectivity index (χ4v) is 4.25. The fraction of sp³-hybridized carbons (Fsp3) is 0.632. The lowest BCUT2D eigenvalue weighted by molar-refractivity contribution is -0.134. The third kappa shape index (κ3) is 3.59. The lowest BCUT2D eigenvalue weighted by Crippen LogP contribution is -2.47. The monoisotopic (exact) mass is 315 g/mol. The molecule has 0 radical (unpaired) electrons. The summed E-state index contributed by atoms with van der Waals surface area (Å²) in [6, 6.07) is 8.52. The van der Waals surface area contributed by atoms with Crippen LogP contribution in [0.4, 0.5) is 0 Å². The first kappa shape index (κ1) is 16.5. The summed E-state index contributed by atoms with van der Waals surface area (Å²) in [6.07, 6.45) is 4.69. The summed E-state index contributed by atoms with van der Waals surface area (Å²) in [7, 11) is 4.15. The SMILES string of the molecule is CN(C)Cc1cccc(CNC(=O)[C@@]23CCCC[C@H]2CNC3)c1. The minimum atomic E-state index is -0.153. The van der Waals surface area contributed by atoms with E-state index in [1.54, 1.807) is 0 Å². The van der Waals surface area contributed by atoms with Crippen molar-refractivity contribution in [1.82, 2.24) is 15.5 Å². The normalized spacial score (nSPS) is 27.0. The van der Waals surface area contributed by atoms with Crippen LogP contribution in [-0.4, -0.2) is 38.0 Å². The van der Waals surface area contributed by atoms with Crippen LogP contribution in [0.2, 0.25) is 0 Å². The van der Waals surface area contributed by atoms with Gasteiger partial charge >= 0.3 is 0 Å². The molecule has 1 aromatic carbocycles. The third-order valence-corrected chi connectivity index (χ3v) is 5.43. The van der Waals surface area contributed by atoms with E-state index < -0.39 is 0 Å². The number of benzene rings is 1. The molecular weight excluding hydrogens is 286 g/mol. The van der Waals surface area contributed by atoms with E-state index in [2.05, 4.69) is 53.9 Å². The maximum absolute atomic E-state index is 12.9. The Morgan fingerprint density at radius 3 is 3.00 bits per heavy atom. The van der Waals surface area contributed by atoms with Crippen molar-refractivity contribution in [3.63, 3.8) is 0 Å². The number of carbonyl (C=O) groups excluding carboxylic acids is 1. The second kappa shape index (κ2) is 7.02. The molecule has 1 aromatic rings. The zero-order chi connectivity index (χ0) is 16.3. The molecule has 126 valence electrons. The fourth-order valence-electron chi connectivity index (χ4n) is 4.25. The maximum atomic E-state index is 12.9. The van der Waals surface area contributed by atoms with Crippen molar-refractivity contribution in [1.29, 1.82) is 0 Å². The highest BCUT2D eigenvalue weighted by atomic mass is 16.2. The van der Waals surface area contributed by atoms with Gasteiger partial charge in [-0.1, -0.05) is 37.1 Å². The van der Waals surface area contributed by atoms with Gasteiger partial charge in [-0.25, -0.2) is 0 Å². The van der Waals surface area contributed by atoms with E-state index in [0.717, 1.165) is 26.1 Å². The van der Waals surface area contributed by atoms with Gasteiger partial charge < -0.3 is 15.5 Å². The van der Waals surface area contributed by atoms with Crippen LogP contribution in [0.15, 0.2) is 24.3 Å². The van der Waals surface area contributed by atoms with Crippen LogP contribution in [0, 0.1) is 11.3 Å². The smallest absolute Gasteiger partial charge is 0.228 e. The van der Waals surface area contributed by atoms with Crippen molar-refractivity contribution >= 4 is 5.91 Å². The summed E-state index contributed by atoms with van der Waals surface area (Å²) in [5.41, 5.74) is 2.32. The van der Waals surface area contributed by atoms with Crippen LogP contribution >= 0.6 is 0 Å². The van der Waals surface area contributed by atoms with Crippen LogP contribution in [-0.2, 0) is 17.9 Å². The first-order chi connectivity index (χ1) is 11.1. The van der Waals surface area contributed by atoms with Gasteiger partial charge in [-0.15, -0.1) is 0 Å². The molecule has 0 aromatic heterocycles. The van der Waals surface area contributed by atoms with E-state index in [0.29, 0.717) is 12.5 Å². The Kier molecular flexibility index (Phi) is 5.02. The number of hydrogen-bond acceptors (Lipinski definition) is 3. The largest absolute Gasteiger partial charge is 0.351 e. The highest BCUT2D eigenvalue weighted by Crippen LogP contribution is 2.43. The molecule has 4 heteroatoms. The number of fused-ring (bicyclic) bond motifs is 1. The van der Waals surface area contributed by atoms with E-state index in [1.165, 1.54) is 30.4 Å². The number of rotatable bonds is 5. The summed E-state index contributed by atoms with van der Waals surface area (Å²) >= 11 is 0. The molecule has 1 aliphatic carbocycles. The van der Waals surface area contributed by atoms with Gasteiger partial charge in [0, 0.05) is 19.6 Å². The van der Waals surface area contributed by atoms with Crippen LogP contribution in [0.1, 0.15) is 36.8 Å². The Labute approximate surface area is 139 Å². The van der Waals surface area contributed by atoms with Gasteiger partial charge in [-0.05, 0) is 50.5 Å². The molecule has 0 unspecified atom stereocenters. The van der Waals surface area contributed by atoms with Crippen molar-refractivity contribution in [2.24, 2.45) is 11.3 Å². The Balaban J connectivity index is 1.62. The molecular formula is C19H29N3O. The van der Waals surface area contributed by atoms with E-state index in [1.807, 2.05) is 0 Å². The number of hydrogen-bond donors (Lipinski definition) is 2. The minimum Gasteiger partial charge on any atom is -0.351 e. The first-order valence-corrected chi connectivity index (χ1v) is 8.82. The molecule has 3 rings (SSSR count). The summed E-state index contributed by atoms with van der Waals surface area (Å²) in [5.74, 6) is 0.779. The lowest BCUT2D eigenvalue weighted by Gasteiger charge is -2.37. The van der Waals surface area contributed by atoms with Crippen molar-refractivity contribution in [2.75, 3.05) is 27.2 Å². The molecule has 1 amide bonds. The number of carbonyl (C=O) groups is 1. The highest BCUT2D eigenvalue weighted by molar-refractivity contribution is 5.83. The molecule has 23 heavy (non-hydrogen) atoms. The molecule has 2 aliphatic rings. The van der Waals surface area contributed by atoms with Crippen molar-refractivity contribution in [2.45, 2.75) is 38.8 Å². The van der Waals surface area contributed by atoms with Gasteiger partial charge in [0.1, 0.15) is 0 Å². The molecule has 1 heterocycles. The van der Waals surface area contributed by atoms with Crippen LogP contribution < -0.4 is 10.6 Å².